The van der Waals surface area contributed by atoms with Crippen molar-refractivity contribution in [2.24, 2.45) is 0 Å². The largest absolute Gasteiger partial charge is 0.493 e. The van der Waals surface area contributed by atoms with Crippen molar-refractivity contribution < 1.29 is 24.2 Å². The fraction of sp³-hybridized carbons (Fsp3) is 0.269. The highest BCUT2D eigenvalue weighted by atomic mass is 35.5. The van der Waals surface area contributed by atoms with E-state index in [1.807, 2.05) is 38.1 Å². The quantitative estimate of drug-likeness (QED) is 0.373. The Morgan fingerprint density at radius 3 is 2.58 bits per heavy atom. The van der Waals surface area contributed by atoms with Crippen molar-refractivity contribution in [3.05, 3.63) is 88.1 Å². The minimum Gasteiger partial charge on any atom is -0.493 e. The molecule has 0 amide bonds. The van der Waals surface area contributed by atoms with E-state index >= 15 is 0 Å². The van der Waals surface area contributed by atoms with Gasteiger partial charge in [-0.1, -0.05) is 48.0 Å². The van der Waals surface area contributed by atoms with Crippen LogP contribution in [0.4, 0.5) is 0 Å². The number of carboxylic acids is 1. The van der Waals surface area contributed by atoms with Gasteiger partial charge in [0.2, 0.25) is 5.88 Å². The Labute approximate surface area is 198 Å². The van der Waals surface area contributed by atoms with Crippen LogP contribution in [0.15, 0.2) is 60.8 Å². The van der Waals surface area contributed by atoms with Gasteiger partial charge in [-0.2, -0.15) is 0 Å². The van der Waals surface area contributed by atoms with E-state index in [9.17, 15) is 9.59 Å². The molecule has 6 nitrogen and oxygen atoms in total. The lowest BCUT2D eigenvalue weighted by atomic mass is 10.0. The molecule has 0 radical (unpaired) electrons. The van der Waals surface area contributed by atoms with Crippen LogP contribution in [-0.4, -0.2) is 34.6 Å². The molecule has 3 rings (SSSR count). The van der Waals surface area contributed by atoms with Crippen LogP contribution >= 0.6 is 11.6 Å². The van der Waals surface area contributed by atoms with Crippen LogP contribution in [0.5, 0.6) is 11.6 Å². The van der Waals surface area contributed by atoms with Gasteiger partial charge in [-0.3, -0.25) is 9.59 Å². The summed E-state index contributed by atoms with van der Waals surface area (Å²) >= 11 is 6.08. The summed E-state index contributed by atoms with van der Waals surface area (Å²) in [5.74, 6) is -0.0715. The molecule has 0 saturated heterocycles. The summed E-state index contributed by atoms with van der Waals surface area (Å²) in [5, 5.41) is 9.21. The summed E-state index contributed by atoms with van der Waals surface area (Å²) < 4.78 is 11.8. The van der Waals surface area contributed by atoms with E-state index < -0.39 is 5.97 Å². The maximum Gasteiger partial charge on any atom is 0.303 e. The molecule has 33 heavy (non-hydrogen) atoms. The average molecular weight is 468 g/mol. The molecule has 1 heterocycles. The van der Waals surface area contributed by atoms with Crippen molar-refractivity contribution in [3.8, 4) is 11.6 Å². The second-order valence-corrected chi connectivity index (χ2v) is 8.19. The lowest BCUT2D eigenvalue weighted by molar-refractivity contribution is -0.136. The molecule has 1 aromatic heterocycles. The Balaban J connectivity index is 1.58. The second-order valence-electron chi connectivity index (χ2n) is 7.75. The zero-order valence-corrected chi connectivity index (χ0v) is 19.3. The number of halogens is 1. The van der Waals surface area contributed by atoms with E-state index in [-0.39, 0.29) is 24.2 Å². The van der Waals surface area contributed by atoms with Crippen LogP contribution < -0.4 is 9.47 Å². The maximum absolute atomic E-state index is 12.9. The van der Waals surface area contributed by atoms with Crippen LogP contribution in [0.1, 0.15) is 46.8 Å². The Kier molecular flexibility index (Phi) is 8.44. The molecular formula is C26H26ClNO5. The molecular weight excluding hydrogens is 442 g/mol. The number of aryl methyl sites for hydroxylation is 2. The van der Waals surface area contributed by atoms with E-state index in [4.69, 9.17) is 26.2 Å². The third-order valence-electron chi connectivity index (χ3n) is 5.13. The standard InChI is InChI=1S/C26H26ClNO5/c1-17-14-22(10-8-19(17)9-11-24(29)30)32-13-12-18(2)33-26-23(15-21(27)16-28-26)25(31)20-6-4-3-5-7-20/h3-8,10,14-16,18H,9,11-13H2,1-2H3,(H,29,30). The lowest BCUT2D eigenvalue weighted by Gasteiger charge is -2.17. The zero-order valence-electron chi connectivity index (χ0n) is 18.6. The highest BCUT2D eigenvalue weighted by Gasteiger charge is 2.18. The van der Waals surface area contributed by atoms with E-state index in [2.05, 4.69) is 4.98 Å². The number of aliphatic carboxylic acids is 1. The van der Waals surface area contributed by atoms with Crippen molar-refractivity contribution in [3.63, 3.8) is 0 Å². The van der Waals surface area contributed by atoms with Gasteiger partial charge in [-0.15, -0.1) is 0 Å². The van der Waals surface area contributed by atoms with E-state index in [1.165, 1.54) is 6.20 Å². The van der Waals surface area contributed by atoms with Gasteiger partial charge in [0.1, 0.15) is 11.9 Å². The Hall–Kier alpha value is -3.38. The smallest absolute Gasteiger partial charge is 0.303 e. The number of carboxylic acid groups (broad SMARTS) is 1. The number of nitrogens with zero attached hydrogens (tertiary/aromatic N) is 1. The summed E-state index contributed by atoms with van der Waals surface area (Å²) in [6.45, 7) is 4.23. The molecule has 0 aliphatic rings. The van der Waals surface area contributed by atoms with E-state index in [0.717, 1.165) is 11.1 Å². The Morgan fingerprint density at radius 1 is 1.12 bits per heavy atom. The maximum atomic E-state index is 12.9. The van der Waals surface area contributed by atoms with Crippen LogP contribution in [0.2, 0.25) is 5.02 Å². The number of rotatable bonds is 11. The molecule has 1 unspecified atom stereocenters. The second kappa shape index (κ2) is 11.5. The van der Waals surface area contributed by atoms with Crippen molar-refractivity contribution in [2.45, 2.75) is 39.2 Å². The fourth-order valence-electron chi connectivity index (χ4n) is 3.30. The lowest BCUT2D eigenvalue weighted by Crippen LogP contribution is -2.18. The Bertz CT molecular complexity index is 1120. The predicted molar refractivity (Wildman–Crippen MR) is 126 cm³/mol. The monoisotopic (exact) mass is 467 g/mol. The normalized spacial score (nSPS) is 11.6. The molecule has 0 bridgehead atoms. The van der Waals surface area contributed by atoms with E-state index in [1.54, 1.807) is 30.3 Å². The van der Waals surface area contributed by atoms with Crippen LogP contribution in [0.3, 0.4) is 0 Å². The van der Waals surface area contributed by atoms with Gasteiger partial charge in [0.25, 0.3) is 0 Å². The van der Waals surface area contributed by atoms with Crippen molar-refractivity contribution in [1.29, 1.82) is 0 Å². The first-order chi connectivity index (χ1) is 15.8. The Morgan fingerprint density at radius 2 is 1.88 bits per heavy atom. The third kappa shape index (κ3) is 7.05. The molecule has 0 fully saturated rings. The molecule has 0 spiro atoms. The van der Waals surface area contributed by atoms with Gasteiger partial charge < -0.3 is 14.6 Å². The fourth-order valence-corrected chi connectivity index (χ4v) is 3.46. The van der Waals surface area contributed by atoms with Gasteiger partial charge in [0.05, 0.1) is 17.2 Å². The van der Waals surface area contributed by atoms with Crippen molar-refractivity contribution >= 4 is 23.4 Å². The van der Waals surface area contributed by atoms with Gasteiger partial charge >= 0.3 is 5.97 Å². The number of carbonyl (C=O) groups excluding carboxylic acids is 1. The molecule has 1 atom stereocenters. The molecule has 0 aliphatic carbocycles. The van der Waals surface area contributed by atoms with Crippen molar-refractivity contribution in [1.82, 2.24) is 4.98 Å². The minimum absolute atomic E-state index is 0.101. The summed E-state index contributed by atoms with van der Waals surface area (Å²) in [6.07, 6.45) is 2.37. The topological polar surface area (TPSA) is 85.7 Å². The number of ether oxygens (including phenoxy) is 2. The number of pyridine rings is 1. The summed E-state index contributed by atoms with van der Waals surface area (Å²) in [5.41, 5.74) is 2.83. The molecule has 0 saturated carbocycles. The molecule has 7 heteroatoms. The first kappa shape index (κ1) is 24.3. The number of aromatic nitrogens is 1. The molecule has 1 N–H and O–H groups in total. The number of ketones is 1. The van der Waals surface area contributed by atoms with E-state index in [0.29, 0.717) is 41.3 Å². The highest BCUT2D eigenvalue weighted by Crippen LogP contribution is 2.25. The van der Waals surface area contributed by atoms with Crippen LogP contribution in [-0.2, 0) is 11.2 Å². The number of hydrogen-bond acceptors (Lipinski definition) is 5. The summed E-state index contributed by atoms with van der Waals surface area (Å²) in [7, 11) is 0. The summed E-state index contributed by atoms with van der Waals surface area (Å²) in [4.78, 5) is 27.9. The molecule has 172 valence electrons. The predicted octanol–water partition coefficient (Wildman–Crippen LogP) is 5.53. The molecule has 0 aliphatic heterocycles. The first-order valence-electron chi connectivity index (χ1n) is 10.7. The highest BCUT2D eigenvalue weighted by molar-refractivity contribution is 6.31. The van der Waals surface area contributed by atoms with Gasteiger partial charge in [-0.25, -0.2) is 4.98 Å². The van der Waals surface area contributed by atoms with Crippen LogP contribution in [0, 0.1) is 6.92 Å². The molecule has 2 aromatic carbocycles. The molecule has 3 aromatic rings. The number of carbonyl (C=O) groups is 2. The minimum atomic E-state index is -0.812. The van der Waals surface area contributed by atoms with Gasteiger partial charge in [0, 0.05) is 24.6 Å². The van der Waals surface area contributed by atoms with Crippen molar-refractivity contribution in [2.75, 3.05) is 6.61 Å². The SMILES string of the molecule is Cc1cc(OCCC(C)Oc2ncc(Cl)cc2C(=O)c2ccccc2)ccc1CCC(=O)O. The van der Waals surface area contributed by atoms with Gasteiger partial charge in [-0.05, 0) is 49.6 Å². The van der Waals surface area contributed by atoms with Crippen LogP contribution in [0.25, 0.3) is 0 Å². The number of hydrogen-bond donors (Lipinski definition) is 1. The van der Waals surface area contributed by atoms with Gasteiger partial charge in [0.15, 0.2) is 5.78 Å². The first-order valence-corrected chi connectivity index (χ1v) is 11.1. The zero-order chi connectivity index (χ0) is 23.8. The number of benzene rings is 2. The average Bonchev–Trinajstić information content (AvgIpc) is 2.79. The third-order valence-corrected chi connectivity index (χ3v) is 5.33. The summed E-state index contributed by atoms with van der Waals surface area (Å²) in [6, 6.07) is 16.1.